The van der Waals surface area contributed by atoms with E-state index < -0.39 is 0 Å². The van der Waals surface area contributed by atoms with E-state index in [-0.39, 0.29) is 5.91 Å². The highest BCUT2D eigenvalue weighted by Crippen LogP contribution is 2.30. The van der Waals surface area contributed by atoms with E-state index in [0.717, 1.165) is 12.1 Å². The smallest absolute Gasteiger partial charge is 0.248 e. The zero-order valence-electron chi connectivity index (χ0n) is 18.3. The Kier molecular flexibility index (Phi) is 9.21. The number of methoxy groups -OCH3 is 1. The number of ether oxygens (including phenoxy) is 2. The molecule has 0 saturated carbocycles. The first-order valence-electron chi connectivity index (χ1n) is 10.1. The average molecular weight is 431 g/mol. The van der Waals surface area contributed by atoms with Crippen molar-refractivity contribution >= 4 is 29.3 Å². The predicted octanol–water partition coefficient (Wildman–Crippen LogP) is 5.50. The van der Waals surface area contributed by atoms with Crippen LogP contribution in [0.4, 0.5) is 5.69 Å². The second kappa shape index (κ2) is 11.6. The highest BCUT2D eigenvalue weighted by molar-refractivity contribution is 6.32. The number of nitrogens with zero attached hydrogens (tertiary/aromatic N) is 1. The number of nitrogens with one attached hydrogen (secondary N) is 1. The number of anilines is 1. The molecule has 0 aliphatic heterocycles. The van der Waals surface area contributed by atoms with Gasteiger partial charge in [-0.3, -0.25) is 9.69 Å². The molecule has 0 atom stereocenters. The van der Waals surface area contributed by atoms with E-state index in [1.807, 2.05) is 18.2 Å². The third-order valence-electron chi connectivity index (χ3n) is 4.68. The Morgan fingerprint density at radius 2 is 1.80 bits per heavy atom. The van der Waals surface area contributed by atoms with Gasteiger partial charge in [0.05, 0.1) is 7.11 Å². The summed E-state index contributed by atoms with van der Waals surface area (Å²) in [6.07, 6.45) is 3.14. The molecule has 0 spiro atoms. The van der Waals surface area contributed by atoms with Gasteiger partial charge in [-0.1, -0.05) is 29.8 Å². The molecule has 0 aliphatic rings. The fourth-order valence-electron chi connectivity index (χ4n) is 3.20. The second-order valence-corrected chi connectivity index (χ2v) is 7.89. The minimum absolute atomic E-state index is 0.253. The lowest BCUT2D eigenvalue weighted by Gasteiger charge is -2.30. The van der Waals surface area contributed by atoms with Crippen LogP contribution in [0.5, 0.6) is 11.5 Å². The third kappa shape index (κ3) is 7.08. The van der Waals surface area contributed by atoms with E-state index in [2.05, 4.69) is 37.9 Å². The number of amides is 1. The zero-order valence-corrected chi connectivity index (χ0v) is 19.1. The standard InChI is InChI=1S/C24H31ClN2O3/c1-17(2)27(18(3)4)14-15-30-23-16-20(11-12-22(23)29-5)26-24(28)13-10-19-8-6-7-9-21(19)25/h6-13,16-18H,14-15H2,1-5H3,(H,26,28)/b13-10+. The summed E-state index contributed by atoms with van der Waals surface area (Å²) in [5.41, 5.74) is 1.41. The Hall–Kier alpha value is -2.50. The summed E-state index contributed by atoms with van der Waals surface area (Å²) in [6.45, 7) is 10.0. The average Bonchev–Trinajstić information content (AvgIpc) is 2.70. The number of carbonyl (C=O) groups is 1. The quantitative estimate of drug-likeness (QED) is 0.506. The minimum atomic E-state index is -0.253. The van der Waals surface area contributed by atoms with E-state index in [0.29, 0.717) is 40.9 Å². The monoisotopic (exact) mass is 430 g/mol. The van der Waals surface area contributed by atoms with E-state index in [1.165, 1.54) is 6.08 Å². The van der Waals surface area contributed by atoms with Crippen LogP contribution in [0.25, 0.3) is 6.08 Å². The normalized spacial score (nSPS) is 11.5. The van der Waals surface area contributed by atoms with Crippen molar-refractivity contribution in [2.24, 2.45) is 0 Å². The number of benzene rings is 2. The Bertz CT molecular complexity index is 857. The van der Waals surface area contributed by atoms with Crippen molar-refractivity contribution in [3.8, 4) is 11.5 Å². The van der Waals surface area contributed by atoms with E-state index in [1.54, 1.807) is 37.5 Å². The first-order chi connectivity index (χ1) is 14.3. The molecule has 0 fully saturated rings. The van der Waals surface area contributed by atoms with Crippen LogP contribution in [0, 0.1) is 0 Å². The van der Waals surface area contributed by atoms with Crippen LogP contribution in [0.3, 0.4) is 0 Å². The Balaban J connectivity index is 2.02. The van der Waals surface area contributed by atoms with Crippen LogP contribution in [0.2, 0.25) is 5.02 Å². The molecule has 0 aromatic heterocycles. The van der Waals surface area contributed by atoms with Crippen molar-refractivity contribution in [2.75, 3.05) is 25.6 Å². The van der Waals surface area contributed by atoms with Gasteiger partial charge in [-0.05, 0) is 57.5 Å². The molecule has 0 aliphatic carbocycles. The number of hydrogen-bond donors (Lipinski definition) is 1. The number of halogens is 1. The fraction of sp³-hybridized carbons (Fsp3) is 0.375. The number of carbonyl (C=O) groups excluding carboxylic acids is 1. The van der Waals surface area contributed by atoms with Gasteiger partial charge in [-0.15, -0.1) is 0 Å². The molecular weight excluding hydrogens is 400 g/mol. The van der Waals surface area contributed by atoms with Crippen molar-refractivity contribution < 1.29 is 14.3 Å². The molecule has 2 aromatic carbocycles. The van der Waals surface area contributed by atoms with Crippen molar-refractivity contribution in [3.05, 3.63) is 59.1 Å². The summed E-state index contributed by atoms with van der Waals surface area (Å²) in [7, 11) is 1.60. The summed E-state index contributed by atoms with van der Waals surface area (Å²) in [4.78, 5) is 14.7. The lowest BCUT2D eigenvalue weighted by Crippen LogP contribution is -2.39. The highest BCUT2D eigenvalue weighted by Gasteiger charge is 2.14. The molecule has 162 valence electrons. The SMILES string of the molecule is COc1ccc(NC(=O)/C=C/c2ccccc2Cl)cc1OCCN(C(C)C)C(C)C. The van der Waals surface area contributed by atoms with E-state index in [4.69, 9.17) is 21.1 Å². The first-order valence-corrected chi connectivity index (χ1v) is 10.5. The molecule has 1 amide bonds. The lowest BCUT2D eigenvalue weighted by atomic mass is 10.2. The summed E-state index contributed by atoms with van der Waals surface area (Å²) in [5.74, 6) is 0.968. The van der Waals surface area contributed by atoms with Crippen LogP contribution in [0.15, 0.2) is 48.5 Å². The highest BCUT2D eigenvalue weighted by atomic mass is 35.5. The maximum Gasteiger partial charge on any atom is 0.248 e. The maximum atomic E-state index is 12.3. The second-order valence-electron chi connectivity index (χ2n) is 7.48. The van der Waals surface area contributed by atoms with Gasteiger partial charge < -0.3 is 14.8 Å². The molecule has 6 heteroatoms. The van der Waals surface area contributed by atoms with E-state index in [9.17, 15) is 4.79 Å². The van der Waals surface area contributed by atoms with Gasteiger partial charge in [0.1, 0.15) is 6.61 Å². The maximum absolute atomic E-state index is 12.3. The number of hydrogen-bond acceptors (Lipinski definition) is 4. The van der Waals surface area contributed by atoms with Gasteiger partial charge in [-0.2, -0.15) is 0 Å². The lowest BCUT2D eigenvalue weighted by molar-refractivity contribution is -0.111. The van der Waals surface area contributed by atoms with Crippen molar-refractivity contribution in [2.45, 2.75) is 39.8 Å². The van der Waals surface area contributed by atoms with Gasteiger partial charge in [0.25, 0.3) is 0 Å². The molecule has 5 nitrogen and oxygen atoms in total. The summed E-state index contributed by atoms with van der Waals surface area (Å²) in [5, 5.41) is 3.44. The minimum Gasteiger partial charge on any atom is -0.493 e. The Morgan fingerprint density at radius 1 is 1.10 bits per heavy atom. The van der Waals surface area contributed by atoms with Crippen molar-refractivity contribution in [1.29, 1.82) is 0 Å². The molecule has 2 rings (SSSR count). The zero-order chi connectivity index (χ0) is 22.1. The first kappa shape index (κ1) is 23.8. The van der Waals surface area contributed by atoms with Crippen LogP contribution >= 0.6 is 11.6 Å². The summed E-state index contributed by atoms with van der Waals surface area (Å²) >= 11 is 6.11. The van der Waals surface area contributed by atoms with Crippen LogP contribution < -0.4 is 14.8 Å². The molecule has 0 unspecified atom stereocenters. The van der Waals surface area contributed by atoms with Crippen LogP contribution in [-0.2, 0) is 4.79 Å². The van der Waals surface area contributed by atoms with Gasteiger partial charge in [-0.25, -0.2) is 0 Å². The summed E-state index contributed by atoms with van der Waals surface area (Å²) in [6, 6.07) is 13.6. The van der Waals surface area contributed by atoms with Crippen LogP contribution in [-0.4, -0.2) is 43.2 Å². The molecule has 0 saturated heterocycles. The predicted molar refractivity (Wildman–Crippen MR) is 125 cm³/mol. The van der Waals surface area contributed by atoms with Gasteiger partial charge in [0.15, 0.2) is 11.5 Å². The van der Waals surface area contributed by atoms with Gasteiger partial charge in [0.2, 0.25) is 5.91 Å². The van der Waals surface area contributed by atoms with E-state index >= 15 is 0 Å². The molecule has 2 aromatic rings. The molecule has 30 heavy (non-hydrogen) atoms. The molecule has 0 bridgehead atoms. The van der Waals surface area contributed by atoms with Crippen molar-refractivity contribution in [1.82, 2.24) is 4.90 Å². The molecule has 0 radical (unpaired) electrons. The number of rotatable bonds is 10. The Labute approximate surface area is 184 Å². The van der Waals surface area contributed by atoms with Crippen LogP contribution in [0.1, 0.15) is 33.3 Å². The van der Waals surface area contributed by atoms with Gasteiger partial charge in [0, 0.05) is 41.5 Å². The summed E-state index contributed by atoms with van der Waals surface area (Å²) < 4.78 is 11.4. The Morgan fingerprint density at radius 3 is 2.43 bits per heavy atom. The van der Waals surface area contributed by atoms with Gasteiger partial charge >= 0.3 is 0 Å². The molecular formula is C24H31ClN2O3. The third-order valence-corrected chi connectivity index (χ3v) is 5.03. The van der Waals surface area contributed by atoms with Crippen molar-refractivity contribution in [3.63, 3.8) is 0 Å². The molecule has 1 N–H and O–H groups in total. The topological polar surface area (TPSA) is 50.8 Å². The molecule has 0 heterocycles. The fourth-order valence-corrected chi connectivity index (χ4v) is 3.40. The largest absolute Gasteiger partial charge is 0.493 e.